The van der Waals surface area contributed by atoms with E-state index in [1.54, 1.807) is 35.1 Å². The molecule has 2 aromatic carbocycles. The smallest absolute Gasteiger partial charge is 0.254 e. The quantitative estimate of drug-likeness (QED) is 0.569. The van der Waals surface area contributed by atoms with Gasteiger partial charge in [0.05, 0.1) is 21.8 Å². The Morgan fingerprint density at radius 2 is 1.76 bits per heavy atom. The summed E-state index contributed by atoms with van der Waals surface area (Å²) in [4.78, 5) is 17.8. The summed E-state index contributed by atoms with van der Waals surface area (Å²) in [5, 5.41) is 8.66. The van der Waals surface area contributed by atoms with Crippen LogP contribution < -0.4 is 10.2 Å². The van der Waals surface area contributed by atoms with Crippen molar-refractivity contribution in [1.82, 2.24) is 14.7 Å². The molecule has 3 heterocycles. The van der Waals surface area contributed by atoms with Crippen molar-refractivity contribution in [3.63, 3.8) is 0 Å². The Labute approximate surface area is 201 Å². The Morgan fingerprint density at radius 1 is 1.03 bits per heavy atom. The van der Waals surface area contributed by atoms with Gasteiger partial charge in [0, 0.05) is 43.6 Å². The average molecular weight is 486 g/mol. The number of amides is 1. The molecular formula is C24H22Cl2FN5O. The second-order valence-electron chi connectivity index (χ2n) is 8.16. The molecule has 0 saturated carbocycles. The lowest BCUT2D eigenvalue weighted by Gasteiger charge is -2.38. The van der Waals surface area contributed by atoms with Gasteiger partial charge in [-0.05, 0) is 48.9 Å². The Morgan fingerprint density at radius 3 is 2.45 bits per heavy atom. The van der Waals surface area contributed by atoms with E-state index in [0.29, 0.717) is 41.8 Å². The number of allylic oxidation sites excluding steroid dienone is 1. The number of nitrogens with zero attached hydrogens (tertiary/aromatic N) is 4. The molecule has 2 aliphatic heterocycles. The SMILES string of the molecule is CC1=C(C(=O)N2CCN(c3ccc(F)cc3)CC2)[C@H](c2ccc(Cl)c(Cl)c2)n2nccc2N1. The highest BCUT2D eigenvalue weighted by Crippen LogP contribution is 2.38. The number of carbonyl (C=O) groups is 1. The fourth-order valence-electron chi connectivity index (χ4n) is 4.46. The molecule has 1 N–H and O–H groups in total. The third-order valence-corrected chi connectivity index (χ3v) is 6.90. The first-order valence-corrected chi connectivity index (χ1v) is 11.4. The van der Waals surface area contributed by atoms with Crippen molar-refractivity contribution >= 4 is 40.6 Å². The summed E-state index contributed by atoms with van der Waals surface area (Å²) in [5.74, 6) is 0.503. The van der Waals surface area contributed by atoms with Crippen LogP contribution in [0.4, 0.5) is 15.9 Å². The molecule has 0 spiro atoms. The fourth-order valence-corrected chi connectivity index (χ4v) is 4.77. The summed E-state index contributed by atoms with van der Waals surface area (Å²) < 4.78 is 15.1. The minimum absolute atomic E-state index is 0.0454. The largest absolute Gasteiger partial charge is 0.368 e. The monoisotopic (exact) mass is 485 g/mol. The van der Waals surface area contributed by atoms with Gasteiger partial charge in [-0.2, -0.15) is 5.10 Å². The van der Waals surface area contributed by atoms with Crippen LogP contribution in [-0.2, 0) is 4.79 Å². The Kier molecular flexibility index (Phi) is 5.76. The van der Waals surface area contributed by atoms with Crippen LogP contribution in [0.3, 0.4) is 0 Å². The van der Waals surface area contributed by atoms with Gasteiger partial charge in [0.2, 0.25) is 0 Å². The van der Waals surface area contributed by atoms with Gasteiger partial charge in [0.1, 0.15) is 17.7 Å². The van der Waals surface area contributed by atoms with Gasteiger partial charge in [-0.25, -0.2) is 9.07 Å². The molecule has 6 nitrogen and oxygen atoms in total. The van der Waals surface area contributed by atoms with Gasteiger partial charge in [0.25, 0.3) is 5.91 Å². The second kappa shape index (κ2) is 8.72. The number of anilines is 2. The van der Waals surface area contributed by atoms with Crippen LogP contribution in [0.5, 0.6) is 0 Å². The predicted molar refractivity (Wildman–Crippen MR) is 128 cm³/mol. The van der Waals surface area contributed by atoms with Gasteiger partial charge in [-0.3, -0.25) is 4.79 Å². The van der Waals surface area contributed by atoms with Gasteiger partial charge in [-0.15, -0.1) is 0 Å². The van der Waals surface area contributed by atoms with Crippen molar-refractivity contribution in [2.45, 2.75) is 13.0 Å². The van der Waals surface area contributed by atoms with Crippen LogP contribution in [0, 0.1) is 5.82 Å². The summed E-state index contributed by atoms with van der Waals surface area (Å²) in [6, 6.07) is 13.3. The third-order valence-electron chi connectivity index (χ3n) is 6.16. The molecule has 0 aliphatic carbocycles. The molecule has 5 rings (SSSR count). The minimum atomic E-state index is -0.423. The second-order valence-corrected chi connectivity index (χ2v) is 8.97. The number of piperazine rings is 1. The molecule has 1 atom stereocenters. The van der Waals surface area contributed by atoms with Crippen LogP contribution >= 0.6 is 23.2 Å². The number of fused-ring (bicyclic) bond motifs is 1. The van der Waals surface area contributed by atoms with Crippen molar-refractivity contribution in [1.29, 1.82) is 0 Å². The summed E-state index contributed by atoms with van der Waals surface area (Å²) in [5.41, 5.74) is 3.20. The highest BCUT2D eigenvalue weighted by molar-refractivity contribution is 6.42. The summed E-state index contributed by atoms with van der Waals surface area (Å²) in [6.07, 6.45) is 1.70. The molecule has 33 heavy (non-hydrogen) atoms. The van der Waals surface area contributed by atoms with Crippen molar-refractivity contribution < 1.29 is 9.18 Å². The maximum atomic E-state index is 13.8. The van der Waals surface area contributed by atoms with Crippen molar-refractivity contribution in [2.24, 2.45) is 0 Å². The van der Waals surface area contributed by atoms with E-state index in [4.69, 9.17) is 23.2 Å². The highest BCUT2D eigenvalue weighted by atomic mass is 35.5. The molecule has 1 aromatic heterocycles. The zero-order valence-electron chi connectivity index (χ0n) is 17.9. The van der Waals surface area contributed by atoms with Crippen molar-refractivity contribution in [3.8, 4) is 0 Å². The molecule has 1 fully saturated rings. The van der Waals surface area contributed by atoms with E-state index in [-0.39, 0.29) is 11.7 Å². The molecule has 0 bridgehead atoms. The number of hydrogen-bond acceptors (Lipinski definition) is 4. The summed E-state index contributed by atoms with van der Waals surface area (Å²) >= 11 is 12.5. The number of carbonyl (C=O) groups excluding carboxylic acids is 1. The van der Waals surface area contributed by atoms with Crippen LogP contribution in [0.2, 0.25) is 10.0 Å². The third kappa shape index (κ3) is 4.07. The van der Waals surface area contributed by atoms with Gasteiger partial charge in [0.15, 0.2) is 0 Å². The van der Waals surface area contributed by atoms with Crippen LogP contribution in [0.25, 0.3) is 0 Å². The Hall–Kier alpha value is -3.03. The Balaban J connectivity index is 1.42. The highest BCUT2D eigenvalue weighted by Gasteiger charge is 2.36. The molecule has 2 aliphatic rings. The fraction of sp³-hybridized carbons (Fsp3) is 0.250. The lowest BCUT2D eigenvalue weighted by Crippen LogP contribution is -2.50. The normalized spacial score (nSPS) is 18.2. The molecule has 170 valence electrons. The minimum Gasteiger partial charge on any atom is -0.368 e. The summed E-state index contributed by atoms with van der Waals surface area (Å²) in [7, 11) is 0. The van der Waals surface area contributed by atoms with E-state index in [1.165, 1.54) is 12.1 Å². The Bertz CT molecular complexity index is 1230. The topological polar surface area (TPSA) is 53.4 Å². The van der Waals surface area contributed by atoms with Gasteiger partial charge < -0.3 is 15.1 Å². The standard InChI is InChI=1S/C24H22Cl2FN5O/c1-15-22(24(33)31-12-10-30(11-13-31)18-5-3-17(27)4-6-18)23(32-21(29-15)8-9-28-32)16-2-7-19(25)20(26)14-16/h2-9,14,23,29H,10-13H2,1H3/t23-/m0/s1. The van der Waals surface area contributed by atoms with Crippen LogP contribution in [0.1, 0.15) is 18.5 Å². The number of aromatic nitrogens is 2. The number of benzene rings is 2. The lowest BCUT2D eigenvalue weighted by atomic mass is 9.94. The predicted octanol–water partition coefficient (Wildman–Crippen LogP) is 4.97. The van der Waals surface area contributed by atoms with E-state index in [9.17, 15) is 9.18 Å². The van der Waals surface area contributed by atoms with Crippen LogP contribution in [-0.4, -0.2) is 46.8 Å². The number of rotatable bonds is 3. The van der Waals surface area contributed by atoms with Crippen LogP contribution in [0.15, 0.2) is 66.0 Å². The first-order chi connectivity index (χ1) is 15.9. The molecule has 1 saturated heterocycles. The molecule has 0 unspecified atom stereocenters. The first kappa shape index (κ1) is 21.8. The zero-order chi connectivity index (χ0) is 23.1. The van der Waals surface area contributed by atoms with Crippen molar-refractivity contribution in [3.05, 3.63) is 87.4 Å². The van der Waals surface area contributed by atoms with Crippen molar-refractivity contribution in [2.75, 3.05) is 36.4 Å². The van der Waals surface area contributed by atoms with E-state index >= 15 is 0 Å². The number of nitrogens with one attached hydrogen (secondary N) is 1. The lowest BCUT2D eigenvalue weighted by molar-refractivity contribution is -0.127. The molecule has 0 radical (unpaired) electrons. The molecule has 3 aromatic rings. The maximum absolute atomic E-state index is 13.8. The zero-order valence-corrected chi connectivity index (χ0v) is 19.4. The molecular weight excluding hydrogens is 464 g/mol. The van der Waals surface area contributed by atoms with Gasteiger partial charge in [-0.1, -0.05) is 29.3 Å². The van der Waals surface area contributed by atoms with E-state index < -0.39 is 6.04 Å². The number of halogens is 3. The van der Waals surface area contributed by atoms with E-state index in [1.807, 2.05) is 24.0 Å². The summed E-state index contributed by atoms with van der Waals surface area (Å²) in [6.45, 7) is 4.37. The first-order valence-electron chi connectivity index (χ1n) is 10.7. The van der Waals surface area contributed by atoms with E-state index in [0.717, 1.165) is 22.8 Å². The van der Waals surface area contributed by atoms with E-state index in [2.05, 4.69) is 15.3 Å². The average Bonchev–Trinajstić information content (AvgIpc) is 3.28. The molecule has 9 heteroatoms. The number of hydrogen-bond donors (Lipinski definition) is 1. The maximum Gasteiger partial charge on any atom is 0.254 e. The molecule has 1 amide bonds. The van der Waals surface area contributed by atoms with Gasteiger partial charge >= 0.3 is 0 Å².